The number of nitrogens with zero attached hydrogens (tertiary/aromatic N) is 6. The van der Waals surface area contributed by atoms with Crippen LogP contribution in [0.25, 0.3) is 5.69 Å². The molecule has 28 heavy (non-hydrogen) atoms. The average Bonchev–Trinajstić information content (AvgIpc) is 3.06. The Morgan fingerprint density at radius 3 is 2.79 bits per heavy atom. The lowest BCUT2D eigenvalue weighted by atomic mass is 10.0. The van der Waals surface area contributed by atoms with Gasteiger partial charge in [-0.25, -0.2) is 9.67 Å². The fraction of sp³-hybridized carbons (Fsp3) is 0.350. The number of carbonyl (C=O) groups excluding carboxylic acids is 1. The number of rotatable bonds is 4. The molecule has 0 N–H and O–H groups in total. The number of ether oxygens (including phenoxy) is 1. The van der Waals surface area contributed by atoms with E-state index >= 15 is 0 Å². The molecule has 1 aliphatic heterocycles. The van der Waals surface area contributed by atoms with Crippen molar-refractivity contribution in [3.05, 3.63) is 58.8 Å². The lowest BCUT2D eigenvalue weighted by Gasteiger charge is -2.27. The third-order valence-corrected chi connectivity index (χ3v) is 4.97. The molecule has 3 aromatic rings. The fourth-order valence-electron chi connectivity index (χ4n) is 3.24. The van der Waals surface area contributed by atoms with Crippen LogP contribution in [0, 0.1) is 13.8 Å². The van der Waals surface area contributed by atoms with E-state index in [1.165, 1.54) is 5.56 Å². The smallest absolute Gasteiger partial charge is 0.219 e. The van der Waals surface area contributed by atoms with E-state index in [1.54, 1.807) is 24.0 Å². The third-order valence-electron chi connectivity index (χ3n) is 4.97. The first-order valence-corrected chi connectivity index (χ1v) is 9.21. The lowest BCUT2D eigenvalue weighted by Crippen LogP contribution is -2.34. The summed E-state index contributed by atoms with van der Waals surface area (Å²) in [6.07, 6.45) is 4.37. The molecule has 3 aromatic heterocycles. The molecule has 0 unspecified atom stereocenters. The van der Waals surface area contributed by atoms with E-state index in [1.807, 2.05) is 36.9 Å². The Hall–Kier alpha value is -3.29. The number of fused-ring (bicyclic) bond motifs is 1. The van der Waals surface area contributed by atoms with Crippen LogP contribution in [0.15, 0.2) is 30.6 Å². The van der Waals surface area contributed by atoms with Crippen molar-refractivity contribution >= 4 is 5.91 Å². The Kier molecular flexibility index (Phi) is 4.77. The Morgan fingerprint density at radius 1 is 1.18 bits per heavy atom. The van der Waals surface area contributed by atoms with Gasteiger partial charge in [-0.05, 0) is 43.5 Å². The third kappa shape index (κ3) is 3.58. The van der Waals surface area contributed by atoms with Crippen LogP contribution in [0.2, 0.25) is 0 Å². The molecule has 4 rings (SSSR count). The van der Waals surface area contributed by atoms with Crippen molar-refractivity contribution in [1.29, 1.82) is 0 Å². The molecule has 4 heterocycles. The second kappa shape index (κ2) is 7.38. The zero-order chi connectivity index (χ0) is 19.7. The summed E-state index contributed by atoms with van der Waals surface area (Å²) in [6.45, 7) is 7.07. The van der Waals surface area contributed by atoms with Gasteiger partial charge in [-0.15, -0.1) is 5.10 Å². The van der Waals surface area contributed by atoms with Gasteiger partial charge in [-0.2, -0.15) is 0 Å². The Balaban J connectivity index is 1.51. The highest BCUT2D eigenvalue weighted by Crippen LogP contribution is 2.23. The van der Waals surface area contributed by atoms with Gasteiger partial charge in [0.05, 0.1) is 17.6 Å². The number of aromatic nitrogens is 5. The van der Waals surface area contributed by atoms with Crippen molar-refractivity contribution in [2.45, 2.75) is 40.3 Å². The topological polar surface area (TPSA) is 86.0 Å². The first-order chi connectivity index (χ1) is 13.5. The van der Waals surface area contributed by atoms with E-state index < -0.39 is 0 Å². The van der Waals surface area contributed by atoms with Crippen LogP contribution >= 0.6 is 0 Å². The van der Waals surface area contributed by atoms with Crippen LogP contribution in [0.4, 0.5) is 0 Å². The van der Waals surface area contributed by atoms with Crippen LogP contribution in [0.3, 0.4) is 0 Å². The van der Waals surface area contributed by atoms with Crippen molar-refractivity contribution < 1.29 is 9.53 Å². The molecule has 1 aliphatic rings. The maximum absolute atomic E-state index is 11.6. The minimum absolute atomic E-state index is 0.0906. The Bertz CT molecular complexity index is 1010. The van der Waals surface area contributed by atoms with Crippen LogP contribution in [0.1, 0.15) is 35.1 Å². The molecule has 0 aromatic carbocycles. The summed E-state index contributed by atoms with van der Waals surface area (Å²) in [5.74, 6) is 0.650. The SMILES string of the molecule is CC(=O)N1CCc2cc(OCc3c(C)nnn3-c3ccc(C)nc3)ncc2C1. The van der Waals surface area contributed by atoms with Gasteiger partial charge in [-0.3, -0.25) is 9.78 Å². The minimum atomic E-state index is 0.0906. The number of hydrogen-bond acceptors (Lipinski definition) is 6. The first kappa shape index (κ1) is 18.1. The molecule has 8 heteroatoms. The van der Waals surface area contributed by atoms with Crippen LogP contribution in [-0.4, -0.2) is 42.3 Å². The van der Waals surface area contributed by atoms with Gasteiger partial charge < -0.3 is 9.64 Å². The van der Waals surface area contributed by atoms with E-state index in [2.05, 4.69) is 20.3 Å². The largest absolute Gasteiger partial charge is 0.471 e. The predicted octanol–water partition coefficient (Wildman–Crippen LogP) is 2.16. The molecule has 0 saturated heterocycles. The summed E-state index contributed by atoms with van der Waals surface area (Å²) in [5.41, 5.74) is 5.69. The number of aryl methyl sites for hydroxylation is 2. The van der Waals surface area contributed by atoms with Crippen LogP contribution in [-0.2, 0) is 24.4 Å². The molecule has 1 amide bonds. The summed E-state index contributed by atoms with van der Waals surface area (Å²) in [4.78, 5) is 22.1. The Labute approximate surface area is 163 Å². The summed E-state index contributed by atoms with van der Waals surface area (Å²) >= 11 is 0. The second-order valence-electron chi connectivity index (χ2n) is 6.96. The number of hydrogen-bond donors (Lipinski definition) is 0. The molecule has 8 nitrogen and oxygen atoms in total. The van der Waals surface area contributed by atoms with E-state index in [4.69, 9.17) is 4.74 Å². The van der Waals surface area contributed by atoms with Gasteiger partial charge in [0.15, 0.2) is 0 Å². The quantitative estimate of drug-likeness (QED) is 0.692. The number of pyridine rings is 2. The molecule has 0 atom stereocenters. The van der Waals surface area contributed by atoms with Crippen molar-refractivity contribution in [2.24, 2.45) is 0 Å². The minimum Gasteiger partial charge on any atom is -0.471 e. The molecular weight excluding hydrogens is 356 g/mol. The summed E-state index contributed by atoms with van der Waals surface area (Å²) < 4.78 is 7.69. The van der Waals surface area contributed by atoms with Crippen molar-refractivity contribution in [2.75, 3.05) is 6.54 Å². The van der Waals surface area contributed by atoms with Gasteiger partial charge in [0.1, 0.15) is 12.3 Å². The van der Waals surface area contributed by atoms with Gasteiger partial charge in [0.25, 0.3) is 0 Å². The average molecular weight is 378 g/mol. The molecule has 0 fully saturated rings. The zero-order valence-corrected chi connectivity index (χ0v) is 16.2. The molecule has 0 radical (unpaired) electrons. The second-order valence-corrected chi connectivity index (χ2v) is 6.96. The standard InChI is InChI=1S/C20H22N6O2/c1-13-4-5-18(10-21-13)26-19(14(2)23-24-26)12-28-20-8-16-6-7-25(15(3)27)11-17(16)9-22-20/h4-5,8-10H,6-7,11-12H2,1-3H3. The van der Waals surface area contributed by atoms with Gasteiger partial charge in [0, 0.05) is 38.0 Å². The maximum Gasteiger partial charge on any atom is 0.219 e. The van der Waals surface area contributed by atoms with Crippen molar-refractivity contribution in [3.8, 4) is 11.6 Å². The molecule has 0 spiro atoms. The normalized spacial score (nSPS) is 13.3. The highest BCUT2D eigenvalue weighted by atomic mass is 16.5. The van der Waals surface area contributed by atoms with Crippen LogP contribution < -0.4 is 4.74 Å². The van der Waals surface area contributed by atoms with Gasteiger partial charge in [-0.1, -0.05) is 5.21 Å². The van der Waals surface area contributed by atoms with Crippen molar-refractivity contribution in [3.63, 3.8) is 0 Å². The van der Waals surface area contributed by atoms with Crippen LogP contribution in [0.5, 0.6) is 5.88 Å². The molecule has 0 aliphatic carbocycles. The van der Waals surface area contributed by atoms with E-state index in [-0.39, 0.29) is 5.91 Å². The lowest BCUT2D eigenvalue weighted by molar-refractivity contribution is -0.129. The first-order valence-electron chi connectivity index (χ1n) is 9.21. The van der Waals surface area contributed by atoms with E-state index in [9.17, 15) is 4.79 Å². The number of amides is 1. The van der Waals surface area contributed by atoms with E-state index in [0.717, 1.165) is 41.3 Å². The highest BCUT2D eigenvalue weighted by molar-refractivity contribution is 5.73. The van der Waals surface area contributed by atoms with Gasteiger partial charge in [0.2, 0.25) is 11.8 Å². The van der Waals surface area contributed by atoms with Gasteiger partial charge >= 0.3 is 0 Å². The Morgan fingerprint density at radius 2 is 2.04 bits per heavy atom. The number of carbonyl (C=O) groups is 1. The maximum atomic E-state index is 11.6. The van der Waals surface area contributed by atoms with E-state index in [0.29, 0.717) is 19.0 Å². The molecule has 0 saturated carbocycles. The predicted molar refractivity (Wildman–Crippen MR) is 102 cm³/mol. The van der Waals surface area contributed by atoms with Crippen molar-refractivity contribution in [1.82, 2.24) is 29.9 Å². The summed E-state index contributed by atoms with van der Waals surface area (Å²) in [6, 6.07) is 5.86. The molecular formula is C20H22N6O2. The highest BCUT2D eigenvalue weighted by Gasteiger charge is 2.19. The molecule has 0 bridgehead atoms. The summed E-state index contributed by atoms with van der Waals surface area (Å²) in [7, 11) is 0. The summed E-state index contributed by atoms with van der Waals surface area (Å²) in [5, 5.41) is 8.38. The zero-order valence-electron chi connectivity index (χ0n) is 16.2. The monoisotopic (exact) mass is 378 g/mol. The molecule has 144 valence electrons. The fourth-order valence-corrected chi connectivity index (χ4v) is 3.24.